The quantitative estimate of drug-likeness (QED) is 0.267. The van der Waals surface area contributed by atoms with Crippen LogP contribution in [0.3, 0.4) is 0 Å². The van der Waals surface area contributed by atoms with Gasteiger partial charge < -0.3 is 20.5 Å². The second-order valence-corrected chi connectivity index (χ2v) is 10.2. The number of aromatic nitrogens is 6. The molecule has 0 amide bonds. The lowest BCUT2D eigenvalue weighted by molar-refractivity contribution is 0.388. The molecule has 0 saturated heterocycles. The average molecular weight is 559 g/mol. The van der Waals surface area contributed by atoms with Gasteiger partial charge in [-0.25, -0.2) is 19.6 Å². The molecule has 0 spiro atoms. The Bertz CT molecular complexity index is 1900. The van der Waals surface area contributed by atoms with E-state index in [0.717, 1.165) is 52.3 Å². The molecule has 42 heavy (non-hydrogen) atoms. The molecule has 0 bridgehead atoms. The van der Waals surface area contributed by atoms with Gasteiger partial charge in [-0.3, -0.25) is 4.57 Å². The van der Waals surface area contributed by atoms with Crippen molar-refractivity contribution in [2.24, 2.45) is 0 Å². The Morgan fingerprint density at radius 1 is 0.976 bits per heavy atom. The third kappa shape index (κ3) is 4.51. The number of nitrogens with one attached hydrogen (secondary N) is 1. The predicted molar refractivity (Wildman–Crippen MR) is 161 cm³/mol. The van der Waals surface area contributed by atoms with Gasteiger partial charge in [-0.2, -0.15) is 5.10 Å². The van der Waals surface area contributed by atoms with Crippen LogP contribution in [0.1, 0.15) is 29.2 Å². The fourth-order valence-electron chi connectivity index (χ4n) is 5.70. The maximum atomic E-state index is 6.33. The maximum Gasteiger partial charge on any atom is 0.167 e. The van der Waals surface area contributed by atoms with Crippen LogP contribution < -0.4 is 20.5 Å². The van der Waals surface area contributed by atoms with Gasteiger partial charge in [0.2, 0.25) is 0 Å². The second kappa shape index (κ2) is 10.6. The molecule has 1 aliphatic rings. The summed E-state index contributed by atoms with van der Waals surface area (Å²) < 4.78 is 14.8. The van der Waals surface area contributed by atoms with Crippen molar-refractivity contribution in [3.05, 3.63) is 102 Å². The van der Waals surface area contributed by atoms with Gasteiger partial charge in [-0.1, -0.05) is 12.1 Å². The molecular formula is C32H30N8O2. The van der Waals surface area contributed by atoms with Gasteiger partial charge in [0.1, 0.15) is 22.8 Å². The monoisotopic (exact) mass is 558 g/mol. The molecule has 1 unspecified atom stereocenters. The first-order valence-corrected chi connectivity index (χ1v) is 13.8. The Morgan fingerprint density at radius 2 is 1.90 bits per heavy atom. The van der Waals surface area contributed by atoms with E-state index >= 15 is 0 Å². The number of nitrogen functional groups attached to an aromatic ring is 1. The van der Waals surface area contributed by atoms with Gasteiger partial charge in [0, 0.05) is 48.5 Å². The molecule has 210 valence electrons. The van der Waals surface area contributed by atoms with E-state index in [4.69, 9.17) is 25.2 Å². The zero-order chi connectivity index (χ0) is 28.6. The lowest BCUT2D eigenvalue weighted by Crippen LogP contribution is -2.19. The first kappa shape index (κ1) is 25.7. The number of hydrogen-bond acceptors (Lipinski definition) is 8. The number of nitrogens with zero attached hydrogens (tertiary/aromatic N) is 6. The molecule has 0 saturated carbocycles. The van der Waals surface area contributed by atoms with Crippen LogP contribution in [0.15, 0.2) is 85.3 Å². The molecule has 1 aliphatic carbocycles. The average Bonchev–Trinajstić information content (AvgIpc) is 3.78. The van der Waals surface area contributed by atoms with Crippen molar-refractivity contribution < 1.29 is 9.47 Å². The summed E-state index contributed by atoms with van der Waals surface area (Å²) in [5, 5.41) is 8.09. The molecule has 7 rings (SSSR count). The summed E-state index contributed by atoms with van der Waals surface area (Å²) in [5.74, 6) is 3.41. The highest BCUT2D eigenvalue weighted by Crippen LogP contribution is 2.36. The van der Waals surface area contributed by atoms with Crippen molar-refractivity contribution in [2.45, 2.75) is 25.4 Å². The number of hydrogen-bond donors (Lipinski definition) is 2. The van der Waals surface area contributed by atoms with Crippen LogP contribution in [0.25, 0.3) is 34.1 Å². The van der Waals surface area contributed by atoms with E-state index in [1.165, 1.54) is 11.1 Å². The van der Waals surface area contributed by atoms with Crippen LogP contribution in [0.5, 0.6) is 11.5 Å². The lowest BCUT2D eigenvalue weighted by atomic mass is 10.1. The minimum atomic E-state index is 0.235. The third-order valence-electron chi connectivity index (χ3n) is 7.80. The molecule has 4 aromatic heterocycles. The Morgan fingerprint density at radius 3 is 2.71 bits per heavy atom. The van der Waals surface area contributed by atoms with Crippen LogP contribution in [0, 0.1) is 0 Å². The standard InChI is InChI=1S/C32H30N8O2/c1-41-23-9-6-21(28(18-23)42-2)19-35-26-11-7-20-17-22(8-10-24(20)26)40-31(25-5-3-14-34-30(25)33)37-27-12-13-29(38-32(27)40)39-16-4-15-36-39/h3-6,8-10,12-18,26,35H,7,11,19H2,1-2H3,(H2,33,34). The summed E-state index contributed by atoms with van der Waals surface area (Å²) in [4.78, 5) is 14.3. The summed E-state index contributed by atoms with van der Waals surface area (Å²) in [7, 11) is 3.34. The van der Waals surface area contributed by atoms with E-state index in [1.54, 1.807) is 31.3 Å². The topological polar surface area (TPSA) is 118 Å². The number of aryl methyl sites for hydroxylation is 1. The normalized spacial score (nSPS) is 14.3. The highest BCUT2D eigenvalue weighted by Gasteiger charge is 2.25. The first-order chi connectivity index (χ1) is 20.6. The number of ether oxygens (including phenoxy) is 2. The number of nitrogens with two attached hydrogens (primary N) is 1. The second-order valence-electron chi connectivity index (χ2n) is 10.2. The molecule has 2 aromatic carbocycles. The van der Waals surface area contributed by atoms with Gasteiger partial charge >= 0.3 is 0 Å². The molecule has 4 heterocycles. The number of fused-ring (bicyclic) bond motifs is 2. The zero-order valence-corrected chi connectivity index (χ0v) is 23.4. The maximum absolute atomic E-state index is 6.33. The van der Waals surface area contributed by atoms with Gasteiger partial charge in [0.15, 0.2) is 17.3 Å². The Hall–Kier alpha value is -5.22. The molecular weight excluding hydrogens is 528 g/mol. The number of benzene rings is 2. The third-order valence-corrected chi connectivity index (χ3v) is 7.80. The fraction of sp³-hybridized carbons (Fsp3) is 0.188. The van der Waals surface area contributed by atoms with Crippen molar-refractivity contribution >= 4 is 17.0 Å². The number of pyridine rings is 2. The molecule has 0 fully saturated rings. The number of rotatable bonds is 8. The van der Waals surface area contributed by atoms with Crippen LogP contribution in [-0.4, -0.2) is 43.5 Å². The van der Waals surface area contributed by atoms with Crippen LogP contribution in [0.4, 0.5) is 5.82 Å². The SMILES string of the molecule is COc1ccc(CNC2CCc3cc(-n4c(-c5cccnc5N)nc5ccc(-n6cccn6)nc54)ccc32)c(OC)c1. The molecule has 3 N–H and O–H groups in total. The summed E-state index contributed by atoms with van der Waals surface area (Å²) in [5.41, 5.74) is 13.2. The number of methoxy groups -OCH3 is 2. The highest BCUT2D eigenvalue weighted by atomic mass is 16.5. The summed E-state index contributed by atoms with van der Waals surface area (Å²) in [6, 6.07) is 22.3. The van der Waals surface area contributed by atoms with Crippen LogP contribution in [-0.2, 0) is 13.0 Å². The summed E-state index contributed by atoms with van der Waals surface area (Å²) >= 11 is 0. The molecule has 0 aliphatic heterocycles. The van der Waals surface area contributed by atoms with Crippen LogP contribution in [0.2, 0.25) is 0 Å². The van der Waals surface area contributed by atoms with Gasteiger partial charge in [-0.15, -0.1) is 0 Å². The van der Waals surface area contributed by atoms with E-state index in [9.17, 15) is 0 Å². The van der Waals surface area contributed by atoms with Crippen molar-refractivity contribution in [1.82, 2.24) is 34.6 Å². The minimum absolute atomic E-state index is 0.235. The Kier molecular flexibility index (Phi) is 6.52. The van der Waals surface area contributed by atoms with E-state index in [2.05, 4.69) is 38.2 Å². The Labute approximate surface area is 242 Å². The van der Waals surface area contributed by atoms with Crippen molar-refractivity contribution in [3.63, 3.8) is 0 Å². The van der Waals surface area contributed by atoms with Crippen LogP contribution >= 0.6 is 0 Å². The number of anilines is 1. The molecule has 1 atom stereocenters. The Balaban J connectivity index is 1.26. The molecule has 10 heteroatoms. The van der Waals surface area contributed by atoms with Crippen molar-refractivity contribution in [2.75, 3.05) is 20.0 Å². The summed E-state index contributed by atoms with van der Waals surface area (Å²) in [6.07, 6.45) is 7.26. The van der Waals surface area contributed by atoms with Gasteiger partial charge in [-0.05, 0) is 72.5 Å². The number of imidazole rings is 1. The smallest absolute Gasteiger partial charge is 0.167 e. The van der Waals surface area contributed by atoms with Crippen molar-refractivity contribution in [3.8, 4) is 34.4 Å². The largest absolute Gasteiger partial charge is 0.497 e. The van der Waals surface area contributed by atoms with Gasteiger partial charge in [0.25, 0.3) is 0 Å². The lowest BCUT2D eigenvalue weighted by Gasteiger charge is -2.17. The molecule has 0 radical (unpaired) electrons. The summed E-state index contributed by atoms with van der Waals surface area (Å²) in [6.45, 7) is 0.690. The zero-order valence-electron chi connectivity index (χ0n) is 23.4. The molecule has 6 aromatic rings. The fourth-order valence-corrected chi connectivity index (χ4v) is 5.70. The highest BCUT2D eigenvalue weighted by molar-refractivity contribution is 5.83. The van der Waals surface area contributed by atoms with E-state index in [0.29, 0.717) is 24.0 Å². The van der Waals surface area contributed by atoms with E-state index in [1.807, 2.05) is 54.7 Å². The van der Waals surface area contributed by atoms with E-state index < -0.39 is 0 Å². The predicted octanol–water partition coefficient (Wildman–Crippen LogP) is 5.04. The van der Waals surface area contributed by atoms with Gasteiger partial charge in [0.05, 0.1) is 19.8 Å². The molecule has 10 nitrogen and oxygen atoms in total. The van der Waals surface area contributed by atoms with E-state index in [-0.39, 0.29) is 6.04 Å². The first-order valence-electron chi connectivity index (χ1n) is 13.8. The minimum Gasteiger partial charge on any atom is -0.497 e. The van der Waals surface area contributed by atoms with Crippen molar-refractivity contribution in [1.29, 1.82) is 0 Å².